The molecule has 0 unspecified atom stereocenters. The molecule has 7 nitrogen and oxygen atoms in total. The molecule has 2 aromatic carbocycles. The highest BCUT2D eigenvalue weighted by Crippen LogP contribution is 2.32. The van der Waals surface area contributed by atoms with Crippen molar-refractivity contribution in [3.05, 3.63) is 71.3 Å². The summed E-state index contributed by atoms with van der Waals surface area (Å²) in [6, 6.07) is 14.3. The van der Waals surface area contributed by atoms with Crippen LogP contribution in [0.5, 0.6) is 11.5 Å². The Morgan fingerprint density at radius 3 is 2.50 bits per heavy atom. The zero-order chi connectivity index (χ0) is 21.5. The van der Waals surface area contributed by atoms with Crippen molar-refractivity contribution in [1.82, 2.24) is 0 Å². The number of benzene rings is 2. The fourth-order valence-corrected chi connectivity index (χ4v) is 2.86. The summed E-state index contributed by atoms with van der Waals surface area (Å²) in [6.45, 7) is 4.19. The fraction of sp³-hybridized carbons (Fsp3) is 0.217. The van der Waals surface area contributed by atoms with E-state index in [-0.39, 0.29) is 23.8 Å². The number of methoxy groups -OCH3 is 1. The largest absolute Gasteiger partial charge is 0.493 e. The number of ketones is 1. The van der Waals surface area contributed by atoms with Crippen LogP contribution in [0.2, 0.25) is 0 Å². The Morgan fingerprint density at radius 1 is 1.07 bits per heavy atom. The van der Waals surface area contributed by atoms with Crippen molar-refractivity contribution in [3.63, 3.8) is 0 Å². The van der Waals surface area contributed by atoms with Crippen LogP contribution < -0.4 is 14.8 Å². The van der Waals surface area contributed by atoms with Crippen molar-refractivity contribution < 1.29 is 28.5 Å². The van der Waals surface area contributed by atoms with Crippen LogP contribution in [0.4, 0.5) is 5.69 Å². The Balaban J connectivity index is 1.93. The lowest BCUT2D eigenvalue weighted by molar-refractivity contribution is -0.139. The lowest BCUT2D eigenvalue weighted by atomic mass is 10.1. The number of nitrogens with one attached hydrogen (secondary N) is 1. The molecule has 0 atom stereocenters. The number of para-hydroxylation sites is 1. The maximum absolute atomic E-state index is 12.9. The Morgan fingerprint density at radius 2 is 1.83 bits per heavy atom. The number of esters is 1. The van der Waals surface area contributed by atoms with Crippen LogP contribution in [0.3, 0.4) is 0 Å². The van der Waals surface area contributed by atoms with Crippen molar-refractivity contribution in [3.8, 4) is 11.5 Å². The smallest absolute Gasteiger partial charge is 0.347 e. The second-order valence-electron chi connectivity index (χ2n) is 6.20. The molecular weight excluding hydrogens is 386 g/mol. The average molecular weight is 409 g/mol. The van der Waals surface area contributed by atoms with Crippen molar-refractivity contribution in [2.24, 2.45) is 0 Å². The van der Waals surface area contributed by atoms with Gasteiger partial charge in [0.25, 0.3) is 0 Å². The van der Waals surface area contributed by atoms with Gasteiger partial charge in [-0.25, -0.2) is 4.79 Å². The maximum Gasteiger partial charge on any atom is 0.347 e. The lowest BCUT2D eigenvalue weighted by Gasteiger charge is -2.10. The second kappa shape index (κ2) is 9.65. The van der Waals surface area contributed by atoms with Gasteiger partial charge in [0.15, 0.2) is 22.8 Å². The molecule has 156 valence electrons. The van der Waals surface area contributed by atoms with Crippen molar-refractivity contribution in [1.29, 1.82) is 0 Å². The number of allylic oxidation sites excluding steroid dienone is 1. The van der Waals surface area contributed by atoms with Gasteiger partial charge in [0.2, 0.25) is 11.7 Å². The first-order chi connectivity index (χ1) is 14.6. The molecule has 1 aliphatic heterocycles. The van der Waals surface area contributed by atoms with Crippen LogP contribution in [-0.4, -0.2) is 32.1 Å². The molecule has 0 fully saturated rings. The topological polar surface area (TPSA) is 83.1 Å². The maximum atomic E-state index is 12.9. The number of carbonyl (C=O) groups is 2. The van der Waals surface area contributed by atoms with Gasteiger partial charge in [0.1, 0.15) is 0 Å². The number of rotatable bonds is 8. The minimum Gasteiger partial charge on any atom is -0.493 e. The van der Waals surface area contributed by atoms with Gasteiger partial charge in [-0.1, -0.05) is 24.3 Å². The van der Waals surface area contributed by atoms with E-state index in [0.29, 0.717) is 29.4 Å². The fourth-order valence-electron chi connectivity index (χ4n) is 2.86. The van der Waals surface area contributed by atoms with E-state index < -0.39 is 11.8 Å². The molecule has 0 radical (unpaired) electrons. The molecule has 3 rings (SSSR count). The molecular formula is C23H23NO6. The van der Waals surface area contributed by atoms with Gasteiger partial charge in [0, 0.05) is 5.69 Å². The summed E-state index contributed by atoms with van der Waals surface area (Å²) in [5.41, 5.74) is 1.15. The summed E-state index contributed by atoms with van der Waals surface area (Å²) < 4.78 is 21.6. The SMILES string of the molecule is CCOC(=O)C1=C(Nc2ccccc2)O/C(=C\c2ccc(OCC)c(OC)c2)C1=O. The van der Waals surface area contributed by atoms with E-state index in [0.717, 1.165) is 0 Å². The van der Waals surface area contributed by atoms with Gasteiger partial charge in [0.05, 0.1) is 20.3 Å². The Labute approximate surface area is 174 Å². The third-order valence-electron chi connectivity index (χ3n) is 4.19. The first-order valence-corrected chi connectivity index (χ1v) is 9.55. The first kappa shape index (κ1) is 21.0. The second-order valence-corrected chi connectivity index (χ2v) is 6.20. The third kappa shape index (κ3) is 4.63. The van der Waals surface area contributed by atoms with Crippen LogP contribution in [0, 0.1) is 0 Å². The van der Waals surface area contributed by atoms with Gasteiger partial charge in [-0.15, -0.1) is 0 Å². The van der Waals surface area contributed by atoms with E-state index in [9.17, 15) is 9.59 Å². The van der Waals surface area contributed by atoms with Crippen molar-refractivity contribution in [2.45, 2.75) is 13.8 Å². The van der Waals surface area contributed by atoms with Gasteiger partial charge in [-0.2, -0.15) is 0 Å². The molecule has 7 heteroatoms. The van der Waals surface area contributed by atoms with Gasteiger partial charge < -0.3 is 24.3 Å². The number of ether oxygens (including phenoxy) is 4. The van der Waals surface area contributed by atoms with Crippen molar-refractivity contribution >= 4 is 23.5 Å². The average Bonchev–Trinajstić information content (AvgIpc) is 3.04. The molecule has 0 saturated heterocycles. The van der Waals surface area contributed by atoms with E-state index in [1.54, 1.807) is 43.3 Å². The molecule has 1 N–H and O–H groups in total. The third-order valence-corrected chi connectivity index (χ3v) is 4.19. The van der Waals surface area contributed by atoms with Crippen LogP contribution in [0.15, 0.2) is 65.7 Å². The quantitative estimate of drug-likeness (QED) is 0.402. The molecule has 0 spiro atoms. The summed E-state index contributed by atoms with van der Waals surface area (Å²) >= 11 is 0. The van der Waals surface area contributed by atoms with Crippen LogP contribution in [0.25, 0.3) is 6.08 Å². The Hall–Kier alpha value is -3.74. The predicted octanol–water partition coefficient (Wildman–Crippen LogP) is 3.92. The molecule has 0 amide bonds. The minimum absolute atomic E-state index is 0.00250. The molecule has 0 bridgehead atoms. The summed E-state index contributed by atoms with van der Waals surface area (Å²) in [5, 5.41) is 2.98. The number of Topliss-reactive ketones (excluding diaryl/α,β-unsaturated/α-hetero) is 1. The van der Waals surface area contributed by atoms with Gasteiger partial charge in [-0.05, 0) is 49.8 Å². The van der Waals surface area contributed by atoms with Crippen LogP contribution in [-0.2, 0) is 19.1 Å². The highest BCUT2D eigenvalue weighted by molar-refractivity contribution is 6.26. The van der Waals surface area contributed by atoms with E-state index in [1.165, 1.54) is 7.11 Å². The molecule has 0 aromatic heterocycles. The van der Waals surface area contributed by atoms with E-state index in [4.69, 9.17) is 18.9 Å². The predicted molar refractivity (Wildman–Crippen MR) is 112 cm³/mol. The first-order valence-electron chi connectivity index (χ1n) is 9.55. The molecule has 1 heterocycles. The summed E-state index contributed by atoms with van der Waals surface area (Å²) in [4.78, 5) is 25.3. The van der Waals surface area contributed by atoms with Gasteiger partial charge >= 0.3 is 5.97 Å². The van der Waals surface area contributed by atoms with Crippen molar-refractivity contribution in [2.75, 3.05) is 25.6 Å². The molecule has 2 aromatic rings. The van der Waals surface area contributed by atoms with E-state index in [2.05, 4.69) is 5.32 Å². The Kier molecular flexibility index (Phi) is 6.75. The molecule has 0 saturated carbocycles. The van der Waals surface area contributed by atoms with E-state index >= 15 is 0 Å². The summed E-state index contributed by atoms with van der Waals surface area (Å²) in [7, 11) is 1.54. The van der Waals surface area contributed by atoms with E-state index in [1.807, 2.05) is 25.1 Å². The monoisotopic (exact) mass is 409 g/mol. The van der Waals surface area contributed by atoms with Gasteiger partial charge in [-0.3, -0.25) is 4.79 Å². The molecule has 30 heavy (non-hydrogen) atoms. The number of hydrogen-bond donors (Lipinski definition) is 1. The lowest BCUT2D eigenvalue weighted by Crippen LogP contribution is -2.16. The minimum atomic E-state index is -0.742. The van der Waals surface area contributed by atoms with Crippen LogP contribution >= 0.6 is 0 Å². The zero-order valence-corrected chi connectivity index (χ0v) is 17.1. The standard InChI is InChI=1S/C23H23NO6/c1-4-28-17-12-11-15(13-18(17)27-3)14-19-21(25)20(23(26)29-5-2)22(30-19)24-16-9-7-6-8-10-16/h6-14,24H,4-5H2,1-3H3/b19-14-. The summed E-state index contributed by atoms with van der Waals surface area (Å²) in [6.07, 6.45) is 1.54. The number of carbonyl (C=O) groups excluding carboxylic acids is 2. The number of anilines is 1. The van der Waals surface area contributed by atoms with Crippen LogP contribution in [0.1, 0.15) is 19.4 Å². The Bertz CT molecular complexity index is 994. The molecule has 1 aliphatic rings. The summed E-state index contributed by atoms with van der Waals surface area (Å²) in [5.74, 6) is -0.139. The highest BCUT2D eigenvalue weighted by Gasteiger charge is 2.37. The zero-order valence-electron chi connectivity index (χ0n) is 17.1. The highest BCUT2D eigenvalue weighted by atomic mass is 16.5. The number of hydrogen-bond acceptors (Lipinski definition) is 7. The molecule has 0 aliphatic carbocycles. The normalized spacial score (nSPS) is 14.5.